The van der Waals surface area contributed by atoms with Crippen LogP contribution in [0, 0.1) is 25.7 Å². The first-order chi connectivity index (χ1) is 13.5. The lowest BCUT2D eigenvalue weighted by Gasteiger charge is -2.29. The fraction of sp³-hybridized carbons (Fsp3) is 0.417. The Kier molecular flexibility index (Phi) is 6.85. The molecule has 2 aromatic rings. The molecular weight excluding hydrogens is 348 g/mol. The van der Waals surface area contributed by atoms with Gasteiger partial charge in [0.25, 0.3) is 11.8 Å². The third-order valence-corrected chi connectivity index (χ3v) is 5.62. The predicted molar refractivity (Wildman–Crippen MR) is 112 cm³/mol. The van der Waals surface area contributed by atoms with Crippen molar-refractivity contribution in [2.45, 2.75) is 39.5 Å². The van der Waals surface area contributed by atoms with Gasteiger partial charge in [-0.1, -0.05) is 41.8 Å². The molecule has 1 fully saturated rings. The molecule has 0 heterocycles. The largest absolute Gasteiger partial charge is 0.352 e. The van der Waals surface area contributed by atoms with Crippen molar-refractivity contribution in [3.05, 3.63) is 70.8 Å². The van der Waals surface area contributed by atoms with E-state index in [0.29, 0.717) is 36.1 Å². The van der Waals surface area contributed by atoms with E-state index in [9.17, 15) is 9.59 Å². The van der Waals surface area contributed by atoms with E-state index in [0.717, 1.165) is 36.8 Å². The molecule has 0 bridgehead atoms. The van der Waals surface area contributed by atoms with Crippen molar-refractivity contribution in [1.82, 2.24) is 10.6 Å². The van der Waals surface area contributed by atoms with E-state index < -0.39 is 0 Å². The van der Waals surface area contributed by atoms with E-state index >= 15 is 0 Å². The van der Waals surface area contributed by atoms with E-state index in [2.05, 4.69) is 10.6 Å². The summed E-state index contributed by atoms with van der Waals surface area (Å²) in [4.78, 5) is 24.6. The summed E-state index contributed by atoms with van der Waals surface area (Å²) < 4.78 is 0. The normalized spacial score (nSPS) is 19.1. The zero-order chi connectivity index (χ0) is 19.9. The third kappa shape index (κ3) is 5.69. The summed E-state index contributed by atoms with van der Waals surface area (Å²) in [6, 6.07) is 15.3. The van der Waals surface area contributed by atoms with Gasteiger partial charge in [-0.2, -0.15) is 0 Å². The van der Waals surface area contributed by atoms with Crippen LogP contribution in [0.5, 0.6) is 0 Å². The average Bonchev–Trinajstić information content (AvgIpc) is 2.71. The molecule has 1 aliphatic carbocycles. The van der Waals surface area contributed by atoms with Gasteiger partial charge >= 0.3 is 0 Å². The smallest absolute Gasteiger partial charge is 0.251 e. The van der Waals surface area contributed by atoms with Crippen LogP contribution in [0.3, 0.4) is 0 Å². The Morgan fingerprint density at radius 1 is 0.750 bits per heavy atom. The molecule has 0 unspecified atom stereocenters. The number of carbonyl (C=O) groups excluding carboxylic acids is 2. The van der Waals surface area contributed by atoms with Crippen LogP contribution >= 0.6 is 0 Å². The van der Waals surface area contributed by atoms with Crippen molar-refractivity contribution in [1.29, 1.82) is 0 Å². The summed E-state index contributed by atoms with van der Waals surface area (Å²) in [6.45, 7) is 5.44. The second kappa shape index (κ2) is 9.54. The SMILES string of the molecule is Cc1ccc(C(=O)NC[C@H]2CCC[C@H](CNC(=O)c3ccc(C)cc3)C2)cc1. The number of hydrogen-bond acceptors (Lipinski definition) is 2. The van der Waals surface area contributed by atoms with E-state index in [1.807, 2.05) is 62.4 Å². The first-order valence-corrected chi connectivity index (χ1v) is 10.2. The fourth-order valence-electron chi connectivity index (χ4n) is 3.86. The number of hydrogen-bond donors (Lipinski definition) is 2. The highest BCUT2D eigenvalue weighted by Crippen LogP contribution is 2.28. The molecule has 148 valence electrons. The number of carbonyl (C=O) groups is 2. The molecule has 1 saturated carbocycles. The Hall–Kier alpha value is -2.62. The van der Waals surface area contributed by atoms with Crippen LogP contribution in [0.25, 0.3) is 0 Å². The van der Waals surface area contributed by atoms with Gasteiger partial charge in [0.2, 0.25) is 0 Å². The Balaban J connectivity index is 1.43. The topological polar surface area (TPSA) is 58.2 Å². The molecule has 4 nitrogen and oxygen atoms in total. The first-order valence-electron chi connectivity index (χ1n) is 10.2. The van der Waals surface area contributed by atoms with E-state index in [1.165, 1.54) is 0 Å². The highest BCUT2D eigenvalue weighted by molar-refractivity contribution is 5.94. The minimum atomic E-state index is -0.00482. The fourth-order valence-corrected chi connectivity index (χ4v) is 3.86. The molecule has 1 aliphatic rings. The van der Waals surface area contributed by atoms with Gasteiger partial charge in [0.1, 0.15) is 0 Å². The van der Waals surface area contributed by atoms with Crippen molar-refractivity contribution in [2.75, 3.05) is 13.1 Å². The minimum absolute atomic E-state index is 0.00482. The van der Waals surface area contributed by atoms with Crippen LogP contribution in [-0.4, -0.2) is 24.9 Å². The molecule has 2 N–H and O–H groups in total. The molecule has 0 radical (unpaired) electrons. The number of aryl methyl sites for hydroxylation is 2. The van der Waals surface area contributed by atoms with Crippen LogP contribution in [0.1, 0.15) is 57.5 Å². The summed E-state index contributed by atoms with van der Waals surface area (Å²) in [5.74, 6) is 0.943. The van der Waals surface area contributed by atoms with E-state index in [1.54, 1.807) is 0 Å². The molecular formula is C24H30N2O2. The maximum atomic E-state index is 12.3. The summed E-state index contributed by atoms with van der Waals surface area (Å²) in [6.07, 6.45) is 4.46. The van der Waals surface area contributed by atoms with Gasteiger partial charge in [0.15, 0.2) is 0 Å². The van der Waals surface area contributed by atoms with Gasteiger partial charge in [-0.05, 0) is 69.2 Å². The zero-order valence-electron chi connectivity index (χ0n) is 16.8. The summed E-state index contributed by atoms with van der Waals surface area (Å²) >= 11 is 0. The van der Waals surface area contributed by atoms with Gasteiger partial charge in [0.05, 0.1) is 0 Å². The van der Waals surface area contributed by atoms with E-state index in [4.69, 9.17) is 0 Å². The predicted octanol–water partition coefficient (Wildman–Crippen LogP) is 4.27. The first kappa shape index (κ1) is 20.1. The van der Waals surface area contributed by atoms with Gasteiger partial charge in [-0.3, -0.25) is 9.59 Å². The molecule has 2 amide bonds. The van der Waals surface area contributed by atoms with Crippen molar-refractivity contribution in [3.8, 4) is 0 Å². The van der Waals surface area contributed by atoms with E-state index in [-0.39, 0.29) is 11.8 Å². The molecule has 4 heteroatoms. The monoisotopic (exact) mass is 378 g/mol. The number of nitrogens with one attached hydrogen (secondary N) is 2. The second-order valence-corrected chi connectivity index (χ2v) is 8.05. The third-order valence-electron chi connectivity index (χ3n) is 5.62. The molecule has 0 aliphatic heterocycles. The lowest BCUT2D eigenvalue weighted by atomic mass is 9.81. The minimum Gasteiger partial charge on any atom is -0.352 e. The second-order valence-electron chi connectivity index (χ2n) is 8.05. The lowest BCUT2D eigenvalue weighted by Crippen LogP contribution is -2.35. The van der Waals surface area contributed by atoms with Crippen LogP contribution in [0.2, 0.25) is 0 Å². The van der Waals surface area contributed by atoms with Gasteiger partial charge in [-0.25, -0.2) is 0 Å². The summed E-state index contributed by atoms with van der Waals surface area (Å²) in [7, 11) is 0. The highest BCUT2D eigenvalue weighted by atomic mass is 16.2. The number of rotatable bonds is 6. The van der Waals surface area contributed by atoms with Gasteiger partial charge in [0, 0.05) is 24.2 Å². The van der Waals surface area contributed by atoms with Crippen LogP contribution in [0.15, 0.2) is 48.5 Å². The molecule has 0 saturated heterocycles. The Morgan fingerprint density at radius 3 is 1.54 bits per heavy atom. The number of benzene rings is 2. The van der Waals surface area contributed by atoms with Crippen molar-refractivity contribution in [2.24, 2.45) is 11.8 Å². The van der Waals surface area contributed by atoms with Crippen molar-refractivity contribution in [3.63, 3.8) is 0 Å². The Bertz CT molecular complexity index is 729. The van der Waals surface area contributed by atoms with Crippen LogP contribution in [-0.2, 0) is 0 Å². The Labute approximate surface area is 167 Å². The summed E-state index contributed by atoms with van der Waals surface area (Å²) in [5.41, 5.74) is 3.73. The zero-order valence-corrected chi connectivity index (χ0v) is 16.8. The summed E-state index contributed by atoms with van der Waals surface area (Å²) in [5, 5.41) is 6.16. The highest BCUT2D eigenvalue weighted by Gasteiger charge is 2.23. The van der Waals surface area contributed by atoms with Crippen molar-refractivity contribution >= 4 is 11.8 Å². The molecule has 3 rings (SSSR count). The molecule has 28 heavy (non-hydrogen) atoms. The number of amides is 2. The maximum absolute atomic E-state index is 12.3. The lowest BCUT2D eigenvalue weighted by molar-refractivity contribution is 0.0935. The van der Waals surface area contributed by atoms with Crippen molar-refractivity contribution < 1.29 is 9.59 Å². The van der Waals surface area contributed by atoms with Gasteiger partial charge in [-0.15, -0.1) is 0 Å². The Morgan fingerprint density at radius 2 is 1.14 bits per heavy atom. The van der Waals surface area contributed by atoms with Crippen LogP contribution < -0.4 is 10.6 Å². The quantitative estimate of drug-likeness (QED) is 0.789. The van der Waals surface area contributed by atoms with Crippen LogP contribution in [0.4, 0.5) is 0 Å². The molecule has 2 aromatic carbocycles. The standard InChI is InChI=1S/C24H30N2O2/c1-17-6-10-21(11-7-17)23(27)25-15-19-4-3-5-20(14-19)16-26-24(28)22-12-8-18(2)9-13-22/h6-13,19-20H,3-5,14-16H2,1-2H3,(H,25,27)(H,26,28)/t19-,20-/m0/s1. The molecule has 2 atom stereocenters. The molecule has 0 spiro atoms. The molecule has 0 aromatic heterocycles. The van der Waals surface area contributed by atoms with Gasteiger partial charge < -0.3 is 10.6 Å². The maximum Gasteiger partial charge on any atom is 0.251 e. The average molecular weight is 379 g/mol.